The van der Waals surface area contributed by atoms with E-state index in [1.807, 2.05) is 25.7 Å². The average molecular weight is 313 g/mol. The van der Waals surface area contributed by atoms with Crippen molar-refractivity contribution in [1.29, 1.82) is 0 Å². The Morgan fingerprint density at radius 2 is 1.73 bits per heavy atom. The molecule has 2 rings (SSSR count). The van der Waals surface area contributed by atoms with Gasteiger partial charge in [-0.15, -0.1) is 0 Å². The maximum Gasteiger partial charge on any atom is 0.410 e. The van der Waals surface area contributed by atoms with Crippen LogP contribution in [0.3, 0.4) is 0 Å². The van der Waals surface area contributed by atoms with Gasteiger partial charge in [-0.05, 0) is 53.4 Å². The summed E-state index contributed by atoms with van der Waals surface area (Å²) in [4.78, 5) is 25.6. The third-order valence-corrected chi connectivity index (χ3v) is 4.04. The van der Waals surface area contributed by atoms with E-state index in [0.29, 0.717) is 6.61 Å². The van der Waals surface area contributed by atoms with E-state index < -0.39 is 5.60 Å². The van der Waals surface area contributed by atoms with Crippen molar-refractivity contribution >= 4 is 12.1 Å². The number of nitrogens with zero attached hydrogens (tertiary/aromatic N) is 1. The molecular formula is C16H27NO5. The van der Waals surface area contributed by atoms with Crippen LogP contribution in [0.5, 0.6) is 0 Å². The van der Waals surface area contributed by atoms with Gasteiger partial charge >= 0.3 is 12.1 Å². The highest BCUT2D eigenvalue weighted by Crippen LogP contribution is 2.37. The van der Waals surface area contributed by atoms with Crippen LogP contribution in [0.1, 0.15) is 53.4 Å². The van der Waals surface area contributed by atoms with Crippen LogP contribution in [0.4, 0.5) is 4.79 Å². The molecule has 6 nitrogen and oxygen atoms in total. The number of hydrogen-bond acceptors (Lipinski definition) is 5. The van der Waals surface area contributed by atoms with Crippen molar-refractivity contribution in [2.24, 2.45) is 0 Å². The van der Waals surface area contributed by atoms with Gasteiger partial charge in [0, 0.05) is 12.1 Å². The lowest BCUT2D eigenvalue weighted by atomic mass is 10.0. The van der Waals surface area contributed by atoms with E-state index in [1.165, 1.54) is 0 Å². The molecule has 0 aromatic carbocycles. The molecular weight excluding hydrogens is 286 g/mol. The van der Waals surface area contributed by atoms with E-state index in [4.69, 9.17) is 14.2 Å². The number of rotatable bonds is 4. The lowest BCUT2D eigenvalue weighted by molar-refractivity contribution is -0.152. The van der Waals surface area contributed by atoms with Crippen LogP contribution in [-0.2, 0) is 19.0 Å². The third-order valence-electron chi connectivity index (χ3n) is 4.04. The van der Waals surface area contributed by atoms with E-state index in [2.05, 4.69) is 0 Å². The summed E-state index contributed by atoms with van der Waals surface area (Å²) in [5, 5.41) is 0. The van der Waals surface area contributed by atoms with Gasteiger partial charge < -0.3 is 19.1 Å². The summed E-state index contributed by atoms with van der Waals surface area (Å²) in [7, 11) is 0. The lowest BCUT2D eigenvalue weighted by Gasteiger charge is -2.39. The highest BCUT2D eigenvalue weighted by Gasteiger charge is 2.45. The molecule has 0 aromatic rings. The maximum atomic E-state index is 12.3. The zero-order valence-electron chi connectivity index (χ0n) is 14.0. The van der Waals surface area contributed by atoms with Gasteiger partial charge in [-0.2, -0.15) is 0 Å². The largest absolute Gasteiger partial charge is 0.464 e. The molecule has 0 radical (unpaired) electrons. The normalized spacial score (nSPS) is 27.6. The van der Waals surface area contributed by atoms with E-state index in [9.17, 15) is 9.59 Å². The molecule has 1 amide bonds. The van der Waals surface area contributed by atoms with Crippen molar-refractivity contribution in [2.45, 2.75) is 77.2 Å². The Kier molecular flexibility index (Phi) is 5.32. The van der Waals surface area contributed by atoms with Crippen LogP contribution < -0.4 is 0 Å². The Bertz CT molecular complexity index is 403. The fourth-order valence-corrected chi connectivity index (χ4v) is 3.26. The van der Waals surface area contributed by atoms with Crippen molar-refractivity contribution in [3.8, 4) is 0 Å². The second kappa shape index (κ2) is 6.86. The van der Waals surface area contributed by atoms with Gasteiger partial charge in [0.05, 0.1) is 12.7 Å². The summed E-state index contributed by atoms with van der Waals surface area (Å²) in [5.74, 6) is -0.329. The molecule has 2 heterocycles. The second-order valence-electron chi connectivity index (χ2n) is 6.98. The van der Waals surface area contributed by atoms with Crippen molar-refractivity contribution in [2.75, 3.05) is 13.2 Å². The first-order valence-corrected chi connectivity index (χ1v) is 8.08. The predicted molar refractivity (Wildman–Crippen MR) is 80.5 cm³/mol. The van der Waals surface area contributed by atoms with Gasteiger partial charge in [0.15, 0.2) is 0 Å². The summed E-state index contributed by atoms with van der Waals surface area (Å²) in [6, 6.07) is 0.307. The molecule has 0 N–H and O–H groups in total. The smallest absolute Gasteiger partial charge is 0.410 e. The number of piperidine rings is 1. The van der Waals surface area contributed by atoms with Gasteiger partial charge in [-0.3, -0.25) is 0 Å². The summed E-state index contributed by atoms with van der Waals surface area (Å²) < 4.78 is 16.0. The number of fused-ring (bicyclic) bond motifs is 2. The molecule has 2 aliphatic heterocycles. The monoisotopic (exact) mass is 313 g/mol. The quantitative estimate of drug-likeness (QED) is 0.746. The molecule has 2 fully saturated rings. The van der Waals surface area contributed by atoms with E-state index >= 15 is 0 Å². The number of ether oxygens (including phenoxy) is 3. The fourth-order valence-electron chi connectivity index (χ4n) is 3.26. The molecule has 22 heavy (non-hydrogen) atoms. The van der Waals surface area contributed by atoms with E-state index in [-0.39, 0.29) is 36.9 Å². The van der Waals surface area contributed by atoms with Crippen LogP contribution in [-0.4, -0.2) is 54.0 Å². The first-order chi connectivity index (χ1) is 10.3. The highest BCUT2D eigenvalue weighted by molar-refractivity contribution is 5.71. The van der Waals surface area contributed by atoms with Gasteiger partial charge in [0.2, 0.25) is 0 Å². The van der Waals surface area contributed by atoms with Crippen LogP contribution in [0, 0.1) is 0 Å². The molecule has 3 atom stereocenters. The Morgan fingerprint density at radius 1 is 1.14 bits per heavy atom. The summed E-state index contributed by atoms with van der Waals surface area (Å²) >= 11 is 0. The molecule has 2 saturated heterocycles. The molecule has 0 aromatic heterocycles. The van der Waals surface area contributed by atoms with Crippen molar-refractivity contribution < 1.29 is 23.8 Å². The van der Waals surface area contributed by atoms with Crippen LogP contribution in [0.2, 0.25) is 0 Å². The third kappa shape index (κ3) is 4.35. The number of carbonyl (C=O) groups excluding carboxylic acids is 2. The van der Waals surface area contributed by atoms with Gasteiger partial charge in [-0.25, -0.2) is 9.59 Å². The molecule has 2 bridgehead atoms. The topological polar surface area (TPSA) is 65.1 Å². The second-order valence-corrected chi connectivity index (χ2v) is 6.98. The molecule has 6 heteroatoms. The fraction of sp³-hybridized carbons (Fsp3) is 0.875. The van der Waals surface area contributed by atoms with Gasteiger partial charge in [0.25, 0.3) is 0 Å². The first kappa shape index (κ1) is 17.1. The van der Waals surface area contributed by atoms with E-state index in [1.54, 1.807) is 6.92 Å². The van der Waals surface area contributed by atoms with Crippen LogP contribution >= 0.6 is 0 Å². The molecule has 0 aliphatic carbocycles. The molecule has 1 unspecified atom stereocenters. The molecule has 126 valence electrons. The van der Waals surface area contributed by atoms with Crippen molar-refractivity contribution in [3.63, 3.8) is 0 Å². The Hall–Kier alpha value is -1.30. The number of amides is 1. The minimum atomic E-state index is -0.478. The van der Waals surface area contributed by atoms with Crippen molar-refractivity contribution in [3.05, 3.63) is 0 Å². The van der Waals surface area contributed by atoms with Crippen LogP contribution in [0.15, 0.2) is 0 Å². The zero-order chi connectivity index (χ0) is 16.3. The highest BCUT2D eigenvalue weighted by atomic mass is 16.6. The number of carbonyl (C=O) groups is 2. The maximum absolute atomic E-state index is 12.3. The summed E-state index contributed by atoms with van der Waals surface area (Å²) in [6.07, 6.45) is 3.25. The first-order valence-electron chi connectivity index (χ1n) is 8.08. The number of hydrogen-bond donors (Lipinski definition) is 0. The molecule has 0 spiro atoms. The summed E-state index contributed by atoms with van der Waals surface area (Å²) in [6.45, 7) is 7.76. The molecule has 2 aliphatic rings. The Balaban J connectivity index is 1.86. The number of esters is 1. The lowest BCUT2D eigenvalue weighted by Crippen LogP contribution is -2.50. The zero-order valence-corrected chi connectivity index (χ0v) is 14.0. The van der Waals surface area contributed by atoms with Gasteiger partial charge in [-0.1, -0.05) is 0 Å². The van der Waals surface area contributed by atoms with Gasteiger partial charge in [0.1, 0.15) is 12.2 Å². The SMILES string of the molecule is CCOC(=O)COC1C[C@H]2CC[C@@H](C1)N2C(=O)OC(C)(C)C. The van der Waals surface area contributed by atoms with Crippen LogP contribution in [0.25, 0.3) is 0 Å². The Labute approximate surface area is 132 Å². The minimum Gasteiger partial charge on any atom is -0.464 e. The predicted octanol–water partition coefficient (Wildman–Crippen LogP) is 2.50. The minimum absolute atomic E-state index is 0.00954. The van der Waals surface area contributed by atoms with Crippen molar-refractivity contribution in [1.82, 2.24) is 4.90 Å². The summed E-state index contributed by atoms with van der Waals surface area (Å²) in [5.41, 5.74) is -0.478. The Morgan fingerprint density at radius 3 is 2.23 bits per heavy atom. The average Bonchev–Trinajstić information content (AvgIpc) is 2.66. The molecule has 0 saturated carbocycles. The standard InChI is InChI=1S/C16H27NO5/c1-5-20-14(18)10-21-13-8-11-6-7-12(9-13)17(11)15(19)22-16(2,3)4/h11-13H,5-10H2,1-4H3/t11-,12+,13?. The van der Waals surface area contributed by atoms with E-state index in [0.717, 1.165) is 25.7 Å².